The predicted molar refractivity (Wildman–Crippen MR) is 48.0 cm³/mol. The number of aromatic nitrogens is 1. The summed E-state index contributed by atoms with van der Waals surface area (Å²) in [6.07, 6.45) is 1.23. The van der Waals surface area contributed by atoms with Gasteiger partial charge in [-0.3, -0.25) is 0 Å². The molecule has 0 atom stereocenters. The van der Waals surface area contributed by atoms with Crippen LogP contribution in [-0.2, 0) is 10.0 Å². The van der Waals surface area contributed by atoms with Crippen LogP contribution in [0.4, 0.5) is 0 Å². The quantitative estimate of drug-likeness (QED) is 0.750. The van der Waals surface area contributed by atoms with Crippen LogP contribution in [-0.4, -0.2) is 13.4 Å². The highest BCUT2D eigenvalue weighted by Crippen LogP contribution is 2.15. The van der Waals surface area contributed by atoms with Crippen molar-refractivity contribution < 1.29 is 8.42 Å². The molecule has 0 fully saturated rings. The van der Waals surface area contributed by atoms with E-state index in [1.807, 2.05) is 0 Å². The fourth-order valence-electron chi connectivity index (χ4n) is 0.807. The molecule has 1 rings (SSSR count). The van der Waals surface area contributed by atoms with Crippen molar-refractivity contribution in [1.29, 1.82) is 0 Å². The van der Waals surface area contributed by atoms with E-state index in [-0.39, 0.29) is 4.90 Å². The fourth-order valence-corrected chi connectivity index (χ4v) is 1.96. The van der Waals surface area contributed by atoms with Crippen LogP contribution in [0.1, 0.15) is 5.56 Å². The van der Waals surface area contributed by atoms with Gasteiger partial charge in [-0.25, -0.2) is 18.5 Å². The Bertz CT molecular complexity index is 402. The van der Waals surface area contributed by atoms with Crippen molar-refractivity contribution in [2.45, 2.75) is 11.8 Å². The zero-order valence-corrected chi connectivity index (χ0v) is 8.68. The Morgan fingerprint density at radius 2 is 2.17 bits per heavy atom. The molecule has 12 heavy (non-hydrogen) atoms. The van der Waals surface area contributed by atoms with Gasteiger partial charge in [-0.2, -0.15) is 0 Å². The molecule has 0 amide bonds. The van der Waals surface area contributed by atoms with Crippen LogP contribution < -0.4 is 5.14 Å². The molecule has 1 heterocycles. The van der Waals surface area contributed by atoms with Crippen molar-refractivity contribution in [2.75, 3.05) is 0 Å². The first-order valence-corrected chi connectivity index (χ1v) is 5.40. The van der Waals surface area contributed by atoms with Gasteiger partial charge in [-0.05, 0) is 34.5 Å². The van der Waals surface area contributed by atoms with Crippen molar-refractivity contribution in [2.24, 2.45) is 5.14 Å². The summed E-state index contributed by atoms with van der Waals surface area (Å²) in [6, 6.07) is 1.60. The zero-order chi connectivity index (χ0) is 9.35. The Morgan fingerprint density at radius 3 is 2.58 bits per heavy atom. The molecule has 0 aliphatic rings. The second-order valence-electron chi connectivity index (χ2n) is 2.32. The number of halogens is 1. The van der Waals surface area contributed by atoms with Gasteiger partial charge in [0.2, 0.25) is 10.0 Å². The smallest absolute Gasteiger partial charge is 0.239 e. The summed E-state index contributed by atoms with van der Waals surface area (Å²) in [6.45, 7) is 1.66. The summed E-state index contributed by atoms with van der Waals surface area (Å²) >= 11 is 3.12. The Morgan fingerprint density at radius 1 is 1.58 bits per heavy atom. The average Bonchev–Trinajstić information content (AvgIpc) is 1.83. The highest BCUT2D eigenvalue weighted by atomic mass is 79.9. The lowest BCUT2D eigenvalue weighted by atomic mass is 10.3. The number of aryl methyl sites for hydroxylation is 1. The van der Waals surface area contributed by atoms with Crippen molar-refractivity contribution in [1.82, 2.24) is 4.98 Å². The number of hydrogen-bond acceptors (Lipinski definition) is 3. The van der Waals surface area contributed by atoms with Crippen LogP contribution in [0, 0.1) is 6.92 Å². The third-order valence-electron chi connectivity index (χ3n) is 1.34. The van der Waals surface area contributed by atoms with Crippen molar-refractivity contribution in [3.05, 3.63) is 22.4 Å². The summed E-state index contributed by atoms with van der Waals surface area (Å²) in [4.78, 5) is 3.82. The molecule has 0 aliphatic heterocycles. The fraction of sp³-hybridized carbons (Fsp3) is 0.167. The number of nitrogens with zero attached hydrogens (tertiary/aromatic N) is 1. The lowest BCUT2D eigenvalue weighted by molar-refractivity contribution is 0.596. The summed E-state index contributed by atoms with van der Waals surface area (Å²) in [5, 5.41) is 4.92. The van der Waals surface area contributed by atoms with E-state index < -0.39 is 10.0 Å². The van der Waals surface area contributed by atoms with E-state index in [1.54, 1.807) is 13.0 Å². The van der Waals surface area contributed by atoms with Gasteiger partial charge in [0.05, 0.1) is 0 Å². The minimum atomic E-state index is -3.63. The van der Waals surface area contributed by atoms with Crippen molar-refractivity contribution in [3.63, 3.8) is 0 Å². The van der Waals surface area contributed by atoms with Crippen LogP contribution in [0.5, 0.6) is 0 Å². The third kappa shape index (κ3) is 2.02. The lowest BCUT2D eigenvalue weighted by Gasteiger charge is -2.01. The molecular formula is C6H7BrN2O2S. The monoisotopic (exact) mass is 250 g/mol. The first-order chi connectivity index (χ1) is 5.41. The molecule has 2 N–H and O–H groups in total. The van der Waals surface area contributed by atoms with E-state index in [0.717, 1.165) is 0 Å². The first-order valence-electron chi connectivity index (χ1n) is 3.06. The van der Waals surface area contributed by atoms with Gasteiger partial charge in [-0.1, -0.05) is 0 Å². The van der Waals surface area contributed by atoms with Gasteiger partial charge in [0.1, 0.15) is 9.50 Å². The van der Waals surface area contributed by atoms with E-state index >= 15 is 0 Å². The summed E-state index contributed by atoms with van der Waals surface area (Å²) < 4.78 is 22.4. The molecule has 0 radical (unpaired) electrons. The van der Waals surface area contributed by atoms with Gasteiger partial charge in [0, 0.05) is 6.20 Å². The van der Waals surface area contributed by atoms with Crippen molar-refractivity contribution in [3.8, 4) is 0 Å². The third-order valence-corrected chi connectivity index (χ3v) is 2.81. The summed E-state index contributed by atoms with van der Waals surface area (Å²) in [5.41, 5.74) is 0.583. The van der Waals surface area contributed by atoms with E-state index in [1.165, 1.54) is 6.20 Å². The zero-order valence-electron chi connectivity index (χ0n) is 6.28. The van der Waals surface area contributed by atoms with Crippen LogP contribution in [0.3, 0.4) is 0 Å². The molecule has 1 aromatic heterocycles. The molecule has 1 aromatic rings. The van der Waals surface area contributed by atoms with Gasteiger partial charge >= 0.3 is 0 Å². The number of hydrogen-bond donors (Lipinski definition) is 1. The van der Waals surface area contributed by atoms with Crippen LogP contribution >= 0.6 is 15.9 Å². The SMILES string of the molecule is Cc1cc(Br)ncc1S(N)(=O)=O. The maximum atomic E-state index is 10.9. The number of nitrogens with two attached hydrogens (primary N) is 1. The summed E-state index contributed by atoms with van der Waals surface area (Å²) in [7, 11) is -3.63. The van der Waals surface area contributed by atoms with Crippen LogP contribution in [0.2, 0.25) is 0 Å². The Hall–Kier alpha value is -0.460. The molecule has 0 saturated heterocycles. The highest BCUT2D eigenvalue weighted by Gasteiger charge is 2.11. The predicted octanol–water partition coefficient (Wildman–Crippen LogP) is 0.800. The molecule has 6 heteroatoms. The van der Waals surface area contributed by atoms with E-state index in [9.17, 15) is 8.42 Å². The molecule has 0 unspecified atom stereocenters. The molecule has 66 valence electrons. The van der Waals surface area contributed by atoms with Gasteiger partial charge in [0.15, 0.2) is 0 Å². The van der Waals surface area contributed by atoms with Crippen LogP contribution in [0.15, 0.2) is 21.8 Å². The standard InChI is InChI=1S/C6H7BrN2O2S/c1-4-2-6(7)9-3-5(4)12(8,10)11/h2-3H,1H3,(H2,8,10,11). The van der Waals surface area contributed by atoms with Crippen LogP contribution in [0.25, 0.3) is 0 Å². The molecule has 0 bridgehead atoms. The van der Waals surface area contributed by atoms with E-state index in [4.69, 9.17) is 5.14 Å². The molecule has 0 aliphatic carbocycles. The Balaban J connectivity index is 3.39. The maximum Gasteiger partial charge on any atom is 0.239 e. The molecule has 4 nitrogen and oxygen atoms in total. The van der Waals surface area contributed by atoms with Gasteiger partial charge < -0.3 is 0 Å². The second-order valence-corrected chi connectivity index (χ2v) is 4.66. The normalized spacial score (nSPS) is 11.6. The maximum absolute atomic E-state index is 10.9. The second kappa shape index (κ2) is 3.12. The van der Waals surface area contributed by atoms with Crippen molar-refractivity contribution >= 4 is 26.0 Å². The molecule has 0 spiro atoms. The summed E-state index contributed by atoms with van der Waals surface area (Å²) in [5.74, 6) is 0. The van der Waals surface area contributed by atoms with Gasteiger partial charge in [-0.15, -0.1) is 0 Å². The number of primary sulfonamides is 1. The van der Waals surface area contributed by atoms with E-state index in [0.29, 0.717) is 10.2 Å². The van der Waals surface area contributed by atoms with Gasteiger partial charge in [0.25, 0.3) is 0 Å². The minimum absolute atomic E-state index is 0.0608. The first kappa shape index (κ1) is 9.63. The number of pyridine rings is 1. The Labute approximate surface area is 79.0 Å². The number of sulfonamides is 1. The lowest BCUT2D eigenvalue weighted by Crippen LogP contribution is -2.13. The average molecular weight is 251 g/mol. The molecular weight excluding hydrogens is 244 g/mol. The highest BCUT2D eigenvalue weighted by molar-refractivity contribution is 9.10. The molecule has 0 aromatic carbocycles. The van der Waals surface area contributed by atoms with E-state index in [2.05, 4.69) is 20.9 Å². The topological polar surface area (TPSA) is 73.0 Å². The minimum Gasteiger partial charge on any atom is -0.248 e. The number of rotatable bonds is 1. The Kier molecular flexibility index (Phi) is 2.50. The largest absolute Gasteiger partial charge is 0.248 e. The molecule has 0 saturated carbocycles.